The number of methoxy groups -OCH3 is 1. The summed E-state index contributed by atoms with van der Waals surface area (Å²) in [5.74, 6) is -0.370. The van der Waals surface area contributed by atoms with Crippen LogP contribution >= 0.6 is 15.9 Å². The third-order valence-electron chi connectivity index (χ3n) is 3.60. The van der Waals surface area contributed by atoms with Gasteiger partial charge in [-0.25, -0.2) is 4.79 Å². The molecule has 0 radical (unpaired) electrons. The zero-order valence-electron chi connectivity index (χ0n) is 11.3. The molecule has 0 aliphatic carbocycles. The molecule has 0 aromatic heterocycles. The third-order valence-corrected chi connectivity index (χ3v) is 4.21. The van der Waals surface area contributed by atoms with Crippen LogP contribution in [-0.4, -0.2) is 25.7 Å². The summed E-state index contributed by atoms with van der Waals surface area (Å²) < 4.78 is 5.57. The van der Waals surface area contributed by atoms with Crippen LogP contribution in [0.4, 0.5) is 11.4 Å². The number of piperidine rings is 1. The molecule has 1 aliphatic rings. The number of nitrogens with two attached hydrogens (primary N) is 1. The van der Waals surface area contributed by atoms with Crippen LogP contribution < -0.4 is 10.6 Å². The lowest BCUT2D eigenvalue weighted by Crippen LogP contribution is -2.38. The van der Waals surface area contributed by atoms with Gasteiger partial charge >= 0.3 is 5.97 Å². The maximum atomic E-state index is 11.6. The van der Waals surface area contributed by atoms with E-state index in [1.165, 1.54) is 26.4 Å². The van der Waals surface area contributed by atoms with Gasteiger partial charge in [-0.05, 0) is 54.2 Å². The van der Waals surface area contributed by atoms with Gasteiger partial charge in [-0.1, -0.05) is 0 Å². The first-order valence-electron chi connectivity index (χ1n) is 6.48. The second kappa shape index (κ2) is 5.82. The van der Waals surface area contributed by atoms with Crippen LogP contribution in [0.3, 0.4) is 0 Å². The molecule has 0 saturated carbocycles. The molecule has 2 rings (SSSR count). The lowest BCUT2D eigenvalue weighted by Gasteiger charge is -2.36. The summed E-state index contributed by atoms with van der Waals surface area (Å²) >= 11 is 3.53. The minimum absolute atomic E-state index is 0.370. The number of hydrogen-bond donors (Lipinski definition) is 1. The Morgan fingerprint density at radius 1 is 1.47 bits per heavy atom. The van der Waals surface area contributed by atoms with E-state index in [0.717, 1.165) is 16.7 Å². The fourth-order valence-corrected chi connectivity index (χ4v) is 3.29. The Bertz CT molecular complexity index is 467. The van der Waals surface area contributed by atoms with E-state index in [1.54, 1.807) is 12.1 Å². The van der Waals surface area contributed by atoms with E-state index in [-0.39, 0.29) is 5.97 Å². The number of anilines is 2. The van der Waals surface area contributed by atoms with Gasteiger partial charge in [0.1, 0.15) is 0 Å². The number of carbonyl (C=O) groups excluding carboxylic acids is 1. The molecule has 19 heavy (non-hydrogen) atoms. The highest BCUT2D eigenvalue weighted by Crippen LogP contribution is 2.37. The Labute approximate surface area is 122 Å². The molecule has 1 atom stereocenters. The molecule has 1 heterocycles. The Morgan fingerprint density at radius 2 is 2.21 bits per heavy atom. The van der Waals surface area contributed by atoms with Crippen molar-refractivity contribution in [1.82, 2.24) is 0 Å². The van der Waals surface area contributed by atoms with Crippen molar-refractivity contribution in [2.45, 2.75) is 32.2 Å². The third kappa shape index (κ3) is 2.86. The van der Waals surface area contributed by atoms with E-state index in [0.29, 0.717) is 17.3 Å². The fraction of sp³-hybridized carbons (Fsp3) is 0.500. The Hall–Kier alpha value is -1.23. The van der Waals surface area contributed by atoms with Crippen molar-refractivity contribution in [3.8, 4) is 0 Å². The molecular weight excluding hydrogens is 308 g/mol. The molecule has 5 heteroatoms. The molecule has 104 valence electrons. The van der Waals surface area contributed by atoms with Crippen LogP contribution in [0.25, 0.3) is 0 Å². The zero-order valence-corrected chi connectivity index (χ0v) is 12.9. The molecule has 0 amide bonds. The SMILES string of the molecule is COC(=O)c1cc(N)c(N2CCCCC2C)c(Br)c1. The number of ether oxygens (including phenoxy) is 1. The van der Waals surface area contributed by atoms with Crippen LogP contribution in [-0.2, 0) is 4.74 Å². The number of esters is 1. The maximum absolute atomic E-state index is 11.6. The predicted octanol–water partition coefficient (Wildman–Crippen LogP) is 3.20. The molecule has 4 nitrogen and oxygen atoms in total. The number of carbonyl (C=O) groups is 1. The number of hydrogen-bond acceptors (Lipinski definition) is 4. The summed E-state index contributed by atoms with van der Waals surface area (Å²) in [4.78, 5) is 13.9. The van der Waals surface area contributed by atoms with Gasteiger partial charge in [-0.2, -0.15) is 0 Å². The summed E-state index contributed by atoms with van der Waals surface area (Å²) in [7, 11) is 1.37. The molecular formula is C14H19BrN2O2. The van der Waals surface area contributed by atoms with E-state index in [9.17, 15) is 4.79 Å². The monoisotopic (exact) mass is 326 g/mol. The summed E-state index contributed by atoms with van der Waals surface area (Å²) in [6.45, 7) is 3.21. The Morgan fingerprint density at radius 3 is 2.79 bits per heavy atom. The maximum Gasteiger partial charge on any atom is 0.337 e. The average Bonchev–Trinajstić information content (AvgIpc) is 2.39. The molecule has 1 aromatic carbocycles. The minimum Gasteiger partial charge on any atom is -0.465 e. The second-order valence-corrected chi connectivity index (χ2v) is 5.78. The molecule has 1 aromatic rings. The highest BCUT2D eigenvalue weighted by Gasteiger charge is 2.23. The molecule has 2 N–H and O–H groups in total. The van der Waals surface area contributed by atoms with E-state index in [2.05, 4.69) is 27.8 Å². The fourth-order valence-electron chi connectivity index (χ4n) is 2.59. The van der Waals surface area contributed by atoms with Gasteiger partial charge in [-0.15, -0.1) is 0 Å². The van der Waals surface area contributed by atoms with Crippen LogP contribution in [0.5, 0.6) is 0 Å². The van der Waals surface area contributed by atoms with Gasteiger partial charge in [-0.3, -0.25) is 0 Å². The summed E-state index contributed by atoms with van der Waals surface area (Å²) in [6.07, 6.45) is 3.61. The van der Waals surface area contributed by atoms with Crippen molar-refractivity contribution < 1.29 is 9.53 Å². The standard InChI is InChI=1S/C14H19BrN2O2/c1-9-5-3-4-6-17(9)13-11(15)7-10(8-12(13)16)14(18)19-2/h7-9H,3-6,16H2,1-2H3. The van der Waals surface area contributed by atoms with E-state index >= 15 is 0 Å². The topological polar surface area (TPSA) is 55.6 Å². The molecule has 1 unspecified atom stereocenters. The van der Waals surface area contributed by atoms with Gasteiger partial charge < -0.3 is 15.4 Å². The van der Waals surface area contributed by atoms with Crippen molar-refractivity contribution in [3.05, 3.63) is 22.2 Å². The van der Waals surface area contributed by atoms with E-state index in [4.69, 9.17) is 10.5 Å². The highest BCUT2D eigenvalue weighted by molar-refractivity contribution is 9.10. The number of halogens is 1. The van der Waals surface area contributed by atoms with E-state index < -0.39 is 0 Å². The summed E-state index contributed by atoms with van der Waals surface area (Å²) in [5, 5.41) is 0. The normalized spacial score (nSPS) is 19.3. The van der Waals surface area contributed by atoms with Crippen molar-refractivity contribution in [2.24, 2.45) is 0 Å². The molecule has 1 saturated heterocycles. The van der Waals surface area contributed by atoms with Gasteiger partial charge in [0.05, 0.1) is 24.0 Å². The van der Waals surface area contributed by atoms with Gasteiger partial charge in [0.15, 0.2) is 0 Å². The highest BCUT2D eigenvalue weighted by atomic mass is 79.9. The second-order valence-electron chi connectivity index (χ2n) is 4.93. The first-order chi connectivity index (χ1) is 9.04. The number of nitrogens with zero attached hydrogens (tertiary/aromatic N) is 1. The lowest BCUT2D eigenvalue weighted by molar-refractivity contribution is 0.0600. The first-order valence-corrected chi connectivity index (χ1v) is 7.28. The molecule has 0 bridgehead atoms. The first kappa shape index (κ1) is 14.2. The van der Waals surface area contributed by atoms with Crippen molar-refractivity contribution in [3.63, 3.8) is 0 Å². The van der Waals surface area contributed by atoms with Gasteiger partial charge in [0.2, 0.25) is 0 Å². The summed E-state index contributed by atoms with van der Waals surface area (Å²) in [5.41, 5.74) is 8.20. The van der Waals surface area contributed by atoms with Crippen molar-refractivity contribution in [1.29, 1.82) is 0 Å². The number of benzene rings is 1. The molecule has 1 aliphatic heterocycles. The smallest absolute Gasteiger partial charge is 0.337 e. The van der Waals surface area contributed by atoms with Crippen LogP contribution in [0.1, 0.15) is 36.5 Å². The lowest BCUT2D eigenvalue weighted by atomic mass is 10.0. The number of rotatable bonds is 2. The Balaban J connectivity index is 2.38. The minimum atomic E-state index is -0.370. The largest absolute Gasteiger partial charge is 0.465 e. The zero-order chi connectivity index (χ0) is 14.0. The van der Waals surface area contributed by atoms with Crippen LogP contribution in [0.2, 0.25) is 0 Å². The summed E-state index contributed by atoms with van der Waals surface area (Å²) in [6, 6.07) is 3.93. The molecule has 1 fully saturated rings. The molecule has 0 spiro atoms. The van der Waals surface area contributed by atoms with E-state index in [1.807, 2.05) is 0 Å². The average molecular weight is 327 g/mol. The van der Waals surface area contributed by atoms with Crippen molar-refractivity contribution in [2.75, 3.05) is 24.3 Å². The van der Waals surface area contributed by atoms with Crippen molar-refractivity contribution >= 4 is 33.3 Å². The van der Waals surface area contributed by atoms with Gasteiger partial charge in [0, 0.05) is 17.1 Å². The van der Waals surface area contributed by atoms with Crippen LogP contribution in [0, 0.1) is 0 Å². The van der Waals surface area contributed by atoms with Gasteiger partial charge in [0.25, 0.3) is 0 Å². The quantitative estimate of drug-likeness (QED) is 0.669. The predicted molar refractivity (Wildman–Crippen MR) is 80.6 cm³/mol. The Kier molecular flexibility index (Phi) is 4.34. The number of nitrogen functional groups attached to an aromatic ring is 1. The van der Waals surface area contributed by atoms with Crippen LogP contribution in [0.15, 0.2) is 16.6 Å².